The van der Waals surface area contributed by atoms with Gasteiger partial charge >= 0.3 is 5.97 Å². The summed E-state index contributed by atoms with van der Waals surface area (Å²) < 4.78 is 6.93. The third kappa shape index (κ3) is 4.31. The normalized spacial score (nSPS) is 12.4. The molecule has 1 aromatic carbocycles. The van der Waals surface area contributed by atoms with E-state index in [4.69, 9.17) is 4.74 Å². The first-order chi connectivity index (χ1) is 13.3. The molecule has 1 atom stereocenters. The Bertz CT molecular complexity index is 974. The van der Waals surface area contributed by atoms with Crippen molar-refractivity contribution < 1.29 is 14.3 Å². The average molecular weight is 378 g/mol. The fourth-order valence-corrected chi connectivity index (χ4v) is 2.62. The molecule has 0 aliphatic rings. The molecule has 0 fully saturated rings. The number of ketones is 1. The number of hydrogen-bond acceptors (Lipinski definition) is 6. The van der Waals surface area contributed by atoms with Crippen molar-refractivity contribution in [3.05, 3.63) is 72.2 Å². The van der Waals surface area contributed by atoms with E-state index in [0.29, 0.717) is 11.4 Å². The van der Waals surface area contributed by atoms with E-state index in [0.717, 1.165) is 5.56 Å². The highest BCUT2D eigenvalue weighted by molar-refractivity contribution is 6.01. The molecule has 0 N–H and O–H groups in total. The summed E-state index contributed by atoms with van der Waals surface area (Å²) in [7, 11) is 0. The van der Waals surface area contributed by atoms with Crippen LogP contribution in [0, 0.1) is 0 Å². The fraction of sp³-hybridized carbons (Fsp3) is 0.286. The molecule has 7 nitrogen and oxygen atoms in total. The Morgan fingerprint density at radius 2 is 1.79 bits per heavy atom. The van der Waals surface area contributed by atoms with Crippen LogP contribution in [0.25, 0.3) is 5.82 Å². The molecule has 3 aromatic rings. The molecule has 144 valence electrons. The van der Waals surface area contributed by atoms with Crippen molar-refractivity contribution in [2.45, 2.75) is 39.2 Å². The van der Waals surface area contributed by atoms with Gasteiger partial charge in [-0.3, -0.25) is 14.3 Å². The zero-order valence-electron chi connectivity index (χ0n) is 16.3. The minimum atomic E-state index is -0.938. The first kappa shape index (κ1) is 19.4. The molecule has 0 aliphatic carbocycles. The number of carbonyl (C=O) groups is 2. The number of carbonyl (C=O) groups excluding carboxylic acids is 2. The highest BCUT2D eigenvalue weighted by Crippen LogP contribution is 2.22. The van der Waals surface area contributed by atoms with Crippen LogP contribution in [0.4, 0.5) is 0 Å². The SMILES string of the molecule is CC(OC(=O)c1cncc(-n2ccnc2)n1)C(=O)c1ccc(C(C)(C)C)cc1. The molecule has 7 heteroatoms. The van der Waals surface area contributed by atoms with E-state index >= 15 is 0 Å². The molecule has 28 heavy (non-hydrogen) atoms. The Labute approximate surface area is 163 Å². The van der Waals surface area contributed by atoms with Crippen LogP contribution in [-0.2, 0) is 10.2 Å². The highest BCUT2D eigenvalue weighted by atomic mass is 16.5. The Balaban J connectivity index is 1.70. The smallest absolute Gasteiger partial charge is 0.359 e. The second-order valence-corrected chi connectivity index (χ2v) is 7.47. The number of aromatic nitrogens is 4. The van der Waals surface area contributed by atoms with E-state index in [9.17, 15) is 9.59 Å². The maximum absolute atomic E-state index is 12.6. The molecule has 3 rings (SSSR count). The molecule has 2 heterocycles. The summed E-state index contributed by atoms with van der Waals surface area (Å²) in [6.45, 7) is 7.86. The van der Waals surface area contributed by atoms with Gasteiger partial charge in [0.25, 0.3) is 0 Å². The van der Waals surface area contributed by atoms with Crippen LogP contribution in [-0.4, -0.2) is 37.4 Å². The Hall–Kier alpha value is -3.35. The van der Waals surface area contributed by atoms with Crippen LogP contribution in [0.5, 0.6) is 0 Å². The number of hydrogen-bond donors (Lipinski definition) is 0. The number of ether oxygens (including phenoxy) is 1. The van der Waals surface area contributed by atoms with Crippen LogP contribution >= 0.6 is 0 Å². The molecular weight excluding hydrogens is 356 g/mol. The van der Waals surface area contributed by atoms with Gasteiger partial charge in [-0.15, -0.1) is 0 Å². The summed E-state index contributed by atoms with van der Waals surface area (Å²) >= 11 is 0. The van der Waals surface area contributed by atoms with E-state index in [1.165, 1.54) is 12.4 Å². The molecule has 2 aromatic heterocycles. The molecule has 0 bridgehead atoms. The van der Waals surface area contributed by atoms with Crippen molar-refractivity contribution in [3.63, 3.8) is 0 Å². The summed E-state index contributed by atoms with van der Waals surface area (Å²) in [5.41, 5.74) is 1.64. The summed E-state index contributed by atoms with van der Waals surface area (Å²) in [5.74, 6) is -0.544. The highest BCUT2D eigenvalue weighted by Gasteiger charge is 2.22. The lowest BCUT2D eigenvalue weighted by molar-refractivity contribution is 0.0312. The summed E-state index contributed by atoms with van der Waals surface area (Å²) in [6.07, 6.45) is 6.70. The van der Waals surface area contributed by atoms with Crippen molar-refractivity contribution in [3.8, 4) is 5.82 Å². The topological polar surface area (TPSA) is 87.0 Å². The minimum absolute atomic E-state index is 0.00140. The number of Topliss-reactive ketones (excluding diaryl/α,β-unsaturated/α-hetero) is 1. The zero-order valence-corrected chi connectivity index (χ0v) is 16.3. The lowest BCUT2D eigenvalue weighted by Gasteiger charge is -2.19. The van der Waals surface area contributed by atoms with Gasteiger partial charge in [0.05, 0.1) is 12.4 Å². The van der Waals surface area contributed by atoms with E-state index in [1.54, 1.807) is 42.3 Å². The second-order valence-electron chi connectivity index (χ2n) is 7.47. The quantitative estimate of drug-likeness (QED) is 0.500. The maximum atomic E-state index is 12.6. The number of esters is 1. The second kappa shape index (κ2) is 7.72. The largest absolute Gasteiger partial charge is 0.449 e. The fourth-order valence-electron chi connectivity index (χ4n) is 2.62. The zero-order chi connectivity index (χ0) is 20.3. The van der Waals surface area contributed by atoms with Gasteiger partial charge in [0.1, 0.15) is 6.33 Å². The summed E-state index contributed by atoms with van der Waals surface area (Å²) in [6, 6.07) is 7.35. The van der Waals surface area contributed by atoms with Gasteiger partial charge < -0.3 is 4.74 Å². The molecule has 0 saturated heterocycles. The van der Waals surface area contributed by atoms with Crippen molar-refractivity contribution in [1.82, 2.24) is 19.5 Å². The van der Waals surface area contributed by atoms with Gasteiger partial charge in [-0.05, 0) is 17.9 Å². The van der Waals surface area contributed by atoms with Gasteiger partial charge in [-0.25, -0.2) is 14.8 Å². The molecule has 0 saturated carbocycles. The van der Waals surface area contributed by atoms with Crippen LogP contribution in [0.3, 0.4) is 0 Å². The lowest BCUT2D eigenvalue weighted by atomic mass is 9.86. The lowest BCUT2D eigenvalue weighted by Crippen LogP contribution is -2.25. The number of benzene rings is 1. The third-order valence-corrected chi connectivity index (χ3v) is 4.29. The van der Waals surface area contributed by atoms with Crippen molar-refractivity contribution >= 4 is 11.8 Å². The van der Waals surface area contributed by atoms with Crippen LogP contribution in [0.15, 0.2) is 55.4 Å². The molecule has 0 aliphatic heterocycles. The number of nitrogens with zero attached hydrogens (tertiary/aromatic N) is 4. The van der Waals surface area contributed by atoms with Gasteiger partial charge in [-0.2, -0.15) is 0 Å². The van der Waals surface area contributed by atoms with Crippen LogP contribution in [0.1, 0.15) is 54.1 Å². The predicted molar refractivity (Wildman–Crippen MR) is 104 cm³/mol. The molecule has 1 unspecified atom stereocenters. The first-order valence-electron chi connectivity index (χ1n) is 8.92. The molecule has 0 spiro atoms. The molecule has 0 amide bonds. The van der Waals surface area contributed by atoms with E-state index in [-0.39, 0.29) is 16.9 Å². The molecular formula is C21H22N4O3. The van der Waals surface area contributed by atoms with Gasteiger partial charge in [0.2, 0.25) is 5.78 Å². The third-order valence-electron chi connectivity index (χ3n) is 4.29. The Kier molecular flexibility index (Phi) is 5.35. The van der Waals surface area contributed by atoms with E-state index < -0.39 is 12.1 Å². The van der Waals surface area contributed by atoms with Crippen molar-refractivity contribution in [2.75, 3.05) is 0 Å². The van der Waals surface area contributed by atoms with Gasteiger partial charge in [-0.1, -0.05) is 45.0 Å². The Morgan fingerprint density at radius 3 is 2.39 bits per heavy atom. The summed E-state index contributed by atoms with van der Waals surface area (Å²) in [5, 5.41) is 0. The number of rotatable bonds is 5. The Morgan fingerprint density at radius 1 is 1.07 bits per heavy atom. The monoisotopic (exact) mass is 378 g/mol. The minimum Gasteiger partial charge on any atom is -0.449 e. The van der Waals surface area contributed by atoms with Crippen molar-refractivity contribution in [1.29, 1.82) is 0 Å². The predicted octanol–water partition coefficient (Wildman–Crippen LogP) is 3.39. The van der Waals surface area contributed by atoms with E-state index in [2.05, 4.69) is 35.7 Å². The van der Waals surface area contributed by atoms with Gasteiger partial charge in [0, 0.05) is 18.0 Å². The van der Waals surface area contributed by atoms with Gasteiger partial charge in [0.15, 0.2) is 17.6 Å². The van der Waals surface area contributed by atoms with Crippen LogP contribution in [0.2, 0.25) is 0 Å². The maximum Gasteiger partial charge on any atom is 0.359 e. The van der Waals surface area contributed by atoms with Crippen molar-refractivity contribution in [2.24, 2.45) is 0 Å². The first-order valence-corrected chi connectivity index (χ1v) is 8.92. The van der Waals surface area contributed by atoms with E-state index in [1.807, 2.05) is 12.1 Å². The van der Waals surface area contributed by atoms with Crippen LogP contribution < -0.4 is 0 Å². The number of imidazole rings is 1. The summed E-state index contributed by atoms with van der Waals surface area (Å²) in [4.78, 5) is 37.2. The molecule has 0 radical (unpaired) electrons. The average Bonchev–Trinajstić information content (AvgIpc) is 3.21. The standard InChI is InChI=1S/C21H22N4O3/c1-14(19(26)15-5-7-16(8-6-15)21(2,3)4)28-20(27)17-11-23-12-18(24-17)25-10-9-22-13-25/h5-14H,1-4H3.